The van der Waals surface area contributed by atoms with Crippen LogP contribution in [-0.2, 0) is 24.2 Å². The van der Waals surface area contributed by atoms with Crippen LogP contribution in [0.3, 0.4) is 0 Å². The average Bonchev–Trinajstić information content (AvgIpc) is 3.12. The zero-order chi connectivity index (χ0) is 23.6. The highest BCUT2D eigenvalue weighted by Crippen LogP contribution is 2.26. The fourth-order valence-corrected chi connectivity index (χ4v) is 3.96. The first-order valence-corrected chi connectivity index (χ1v) is 11.8. The van der Waals surface area contributed by atoms with Gasteiger partial charge in [0.05, 0.1) is 17.9 Å². The number of aromatic nitrogens is 2. The number of aryl methyl sites for hydroxylation is 1. The molecule has 1 heterocycles. The molecule has 174 valence electrons. The minimum atomic E-state index is -0.303. The molecule has 7 heteroatoms. The van der Waals surface area contributed by atoms with Gasteiger partial charge in [-0.3, -0.25) is 0 Å². The Balaban J connectivity index is 1.84. The Labute approximate surface area is 199 Å². The maximum Gasteiger partial charge on any atom is 0.338 e. The van der Waals surface area contributed by atoms with E-state index in [0.29, 0.717) is 29.6 Å². The number of nitroso groups, excluding NO2 is 1. The number of carbonyl (C=O) groups is 1. The van der Waals surface area contributed by atoms with Crippen LogP contribution in [0.4, 0.5) is 0 Å². The van der Waals surface area contributed by atoms with E-state index in [1.54, 1.807) is 6.07 Å². The van der Waals surface area contributed by atoms with Crippen molar-refractivity contribution in [3.8, 4) is 11.1 Å². The lowest BCUT2D eigenvalue weighted by atomic mass is 9.98. The lowest BCUT2D eigenvalue weighted by molar-refractivity contribution is 0.0500. The van der Waals surface area contributed by atoms with E-state index in [1.165, 1.54) is 0 Å². The number of unbranched alkanes of at least 4 members (excludes halogenated alkanes) is 2. The van der Waals surface area contributed by atoms with Gasteiger partial charge in [-0.1, -0.05) is 85.9 Å². The van der Waals surface area contributed by atoms with Crippen LogP contribution in [-0.4, -0.2) is 22.1 Å². The summed E-state index contributed by atoms with van der Waals surface area (Å²) in [5, 5.41) is 3.37. The maximum atomic E-state index is 12.6. The van der Waals surface area contributed by atoms with Crippen molar-refractivity contribution < 1.29 is 9.53 Å². The Morgan fingerprint density at radius 3 is 2.48 bits per heavy atom. The third-order valence-corrected chi connectivity index (χ3v) is 5.86. The number of carbonyl (C=O) groups excluding carboxylic acids is 1. The predicted molar refractivity (Wildman–Crippen MR) is 132 cm³/mol. The molecule has 0 bridgehead atoms. The van der Waals surface area contributed by atoms with Crippen molar-refractivity contribution in [1.29, 1.82) is 0 Å². The lowest BCUT2D eigenvalue weighted by Crippen LogP contribution is -2.09. The quantitative estimate of drug-likeness (QED) is 0.166. The molecular weight excluding hydrogens is 438 g/mol. The zero-order valence-electron chi connectivity index (χ0n) is 19.2. The number of rotatable bonds is 12. The number of esters is 1. The molecule has 1 aromatic heterocycles. The topological polar surface area (TPSA) is 73.6 Å². The first-order valence-electron chi connectivity index (χ1n) is 11.5. The van der Waals surface area contributed by atoms with E-state index >= 15 is 0 Å². The maximum absolute atomic E-state index is 12.6. The van der Waals surface area contributed by atoms with Crippen LogP contribution >= 0.6 is 11.6 Å². The normalized spacial score (nSPS) is 10.9. The van der Waals surface area contributed by atoms with Crippen LogP contribution in [0.15, 0.2) is 53.7 Å². The van der Waals surface area contributed by atoms with Gasteiger partial charge < -0.3 is 9.30 Å². The highest BCUT2D eigenvalue weighted by atomic mass is 35.5. The van der Waals surface area contributed by atoms with E-state index in [9.17, 15) is 9.70 Å². The molecular formula is C26H30ClN3O3. The fourth-order valence-electron chi connectivity index (χ4n) is 3.70. The van der Waals surface area contributed by atoms with Crippen molar-refractivity contribution in [1.82, 2.24) is 9.55 Å². The average molecular weight is 468 g/mol. The van der Waals surface area contributed by atoms with Gasteiger partial charge in [0.2, 0.25) is 0 Å². The Kier molecular flexibility index (Phi) is 9.19. The van der Waals surface area contributed by atoms with Crippen LogP contribution in [0, 0.1) is 4.91 Å². The van der Waals surface area contributed by atoms with Gasteiger partial charge in [-0.2, -0.15) is 4.91 Å². The van der Waals surface area contributed by atoms with Gasteiger partial charge in [0.15, 0.2) is 5.15 Å². The highest BCUT2D eigenvalue weighted by molar-refractivity contribution is 6.30. The summed E-state index contributed by atoms with van der Waals surface area (Å²) in [6.07, 6.45) is 4.65. The van der Waals surface area contributed by atoms with Crippen molar-refractivity contribution in [2.24, 2.45) is 5.18 Å². The SMILES string of the molecule is CCCCOC(=O)c1ccccc1-c1ccc(Cn2c(CCCC)nc(Cl)c2CN=O)cc1. The Morgan fingerprint density at radius 2 is 1.79 bits per heavy atom. The molecule has 2 aromatic carbocycles. The number of hydrogen-bond donors (Lipinski definition) is 0. The van der Waals surface area contributed by atoms with Gasteiger partial charge in [0, 0.05) is 13.0 Å². The van der Waals surface area contributed by atoms with E-state index in [4.69, 9.17) is 16.3 Å². The van der Waals surface area contributed by atoms with Gasteiger partial charge in [-0.05, 0) is 35.6 Å². The van der Waals surface area contributed by atoms with Crippen molar-refractivity contribution in [3.05, 3.63) is 81.2 Å². The van der Waals surface area contributed by atoms with Crippen LogP contribution < -0.4 is 0 Å². The number of ether oxygens (including phenoxy) is 1. The molecule has 0 unspecified atom stereocenters. The van der Waals surface area contributed by atoms with Crippen molar-refractivity contribution in [3.63, 3.8) is 0 Å². The zero-order valence-corrected chi connectivity index (χ0v) is 20.0. The summed E-state index contributed by atoms with van der Waals surface area (Å²) >= 11 is 6.30. The summed E-state index contributed by atoms with van der Waals surface area (Å²) in [6.45, 7) is 5.15. The molecule has 0 saturated heterocycles. The third-order valence-electron chi connectivity index (χ3n) is 5.55. The second-order valence-corrected chi connectivity index (χ2v) is 8.33. The molecule has 0 N–H and O–H groups in total. The molecule has 0 fully saturated rings. The van der Waals surface area contributed by atoms with Gasteiger partial charge in [-0.15, -0.1) is 0 Å². The first-order chi connectivity index (χ1) is 16.1. The Hall–Kier alpha value is -2.99. The first kappa shape index (κ1) is 24.6. The summed E-state index contributed by atoms with van der Waals surface area (Å²) in [5.74, 6) is 0.563. The molecule has 0 saturated carbocycles. The van der Waals surface area contributed by atoms with Gasteiger partial charge in [0.1, 0.15) is 12.4 Å². The van der Waals surface area contributed by atoms with Crippen molar-refractivity contribution >= 4 is 17.6 Å². The number of nitrogens with zero attached hydrogens (tertiary/aromatic N) is 3. The molecule has 3 aromatic rings. The van der Waals surface area contributed by atoms with Gasteiger partial charge in [0.25, 0.3) is 0 Å². The smallest absolute Gasteiger partial charge is 0.338 e. The molecule has 0 aliphatic carbocycles. The minimum absolute atomic E-state index is 0.0104. The molecule has 33 heavy (non-hydrogen) atoms. The van der Waals surface area contributed by atoms with Crippen LogP contribution in [0.25, 0.3) is 11.1 Å². The standard InChI is InChI=1S/C26H30ClN3O3/c1-3-5-11-24-29-25(27)23(17-28-32)30(24)18-19-12-14-20(15-13-19)21-9-7-8-10-22(21)26(31)33-16-6-4-2/h7-10,12-15H,3-6,11,16-18H2,1-2H3. The van der Waals surface area contributed by atoms with Crippen molar-refractivity contribution in [2.45, 2.75) is 59.0 Å². The molecule has 6 nitrogen and oxygen atoms in total. The highest BCUT2D eigenvalue weighted by Gasteiger charge is 2.17. The molecule has 0 radical (unpaired) electrons. The lowest BCUT2D eigenvalue weighted by Gasteiger charge is -2.13. The van der Waals surface area contributed by atoms with Crippen molar-refractivity contribution in [2.75, 3.05) is 6.61 Å². The molecule has 0 amide bonds. The van der Waals surface area contributed by atoms with Gasteiger partial charge in [-0.25, -0.2) is 9.78 Å². The van der Waals surface area contributed by atoms with E-state index < -0.39 is 0 Å². The molecule has 0 spiro atoms. The summed E-state index contributed by atoms with van der Waals surface area (Å²) in [6, 6.07) is 15.5. The second kappa shape index (κ2) is 12.3. The number of benzene rings is 2. The monoisotopic (exact) mass is 467 g/mol. The van der Waals surface area contributed by atoms with Crippen LogP contribution in [0.5, 0.6) is 0 Å². The predicted octanol–water partition coefficient (Wildman–Crippen LogP) is 6.82. The van der Waals surface area contributed by atoms with Crippen LogP contribution in [0.1, 0.15) is 67.0 Å². The Morgan fingerprint density at radius 1 is 1.06 bits per heavy atom. The number of halogens is 1. The largest absolute Gasteiger partial charge is 0.462 e. The van der Waals surface area contributed by atoms with E-state index in [0.717, 1.165) is 54.6 Å². The summed E-state index contributed by atoms with van der Waals surface area (Å²) in [4.78, 5) is 28.0. The van der Waals surface area contributed by atoms with E-state index in [1.807, 2.05) is 47.0 Å². The van der Waals surface area contributed by atoms with Crippen LogP contribution in [0.2, 0.25) is 5.15 Å². The van der Waals surface area contributed by atoms with E-state index in [2.05, 4.69) is 24.0 Å². The molecule has 3 rings (SSSR count). The molecule has 0 aliphatic heterocycles. The van der Waals surface area contributed by atoms with Gasteiger partial charge >= 0.3 is 5.97 Å². The Bertz CT molecular complexity index is 1080. The number of imidazole rings is 1. The summed E-state index contributed by atoms with van der Waals surface area (Å²) < 4.78 is 7.41. The number of hydrogen-bond acceptors (Lipinski definition) is 5. The fraction of sp³-hybridized carbons (Fsp3) is 0.385. The molecule has 0 aliphatic rings. The minimum Gasteiger partial charge on any atom is -0.462 e. The van der Waals surface area contributed by atoms with E-state index in [-0.39, 0.29) is 12.5 Å². The molecule has 0 atom stereocenters. The summed E-state index contributed by atoms with van der Waals surface area (Å²) in [5.41, 5.74) is 4.02. The second-order valence-electron chi connectivity index (χ2n) is 7.97. The summed E-state index contributed by atoms with van der Waals surface area (Å²) in [7, 11) is 0. The third kappa shape index (κ3) is 6.29.